The van der Waals surface area contributed by atoms with Gasteiger partial charge in [0.25, 0.3) is 0 Å². The van der Waals surface area contributed by atoms with Crippen LogP contribution in [0, 0.1) is 6.92 Å². The van der Waals surface area contributed by atoms with Gasteiger partial charge in [-0.15, -0.1) is 10.2 Å². The fourth-order valence-electron chi connectivity index (χ4n) is 2.47. The van der Waals surface area contributed by atoms with Crippen LogP contribution < -0.4 is 15.8 Å². The first-order valence-electron chi connectivity index (χ1n) is 8.20. The van der Waals surface area contributed by atoms with Crippen molar-refractivity contribution in [2.45, 2.75) is 6.92 Å². The fourth-order valence-corrected chi connectivity index (χ4v) is 3.23. The smallest absolute Gasteiger partial charge is 0.229 e. The number of anilines is 3. The van der Waals surface area contributed by atoms with E-state index in [-0.39, 0.29) is 5.88 Å². The second kappa shape index (κ2) is 7.08. The van der Waals surface area contributed by atoms with E-state index in [0.717, 1.165) is 22.6 Å². The predicted octanol–water partition coefficient (Wildman–Crippen LogP) is 4.50. The van der Waals surface area contributed by atoms with Gasteiger partial charge in [0.2, 0.25) is 16.9 Å². The lowest BCUT2D eigenvalue weighted by atomic mass is 10.1. The molecule has 3 N–H and O–H groups in total. The zero-order chi connectivity index (χ0) is 18.8. The van der Waals surface area contributed by atoms with E-state index in [2.05, 4.69) is 20.5 Å². The molecule has 4 rings (SSSR count). The van der Waals surface area contributed by atoms with Gasteiger partial charge in [-0.25, -0.2) is 4.98 Å². The highest BCUT2D eigenvalue weighted by atomic mass is 32.1. The molecular formula is C19H17N5O2S. The lowest BCUT2D eigenvalue weighted by molar-refractivity contribution is 0.415. The van der Waals surface area contributed by atoms with Crippen molar-refractivity contribution in [1.29, 1.82) is 0 Å². The Morgan fingerprint density at radius 1 is 1.04 bits per heavy atom. The summed E-state index contributed by atoms with van der Waals surface area (Å²) in [6.45, 7) is 2.03. The van der Waals surface area contributed by atoms with Crippen LogP contribution in [0.4, 0.5) is 16.7 Å². The Morgan fingerprint density at radius 3 is 2.48 bits per heavy atom. The molecule has 0 amide bonds. The van der Waals surface area contributed by atoms with Crippen LogP contribution in [0.5, 0.6) is 5.75 Å². The van der Waals surface area contributed by atoms with Crippen LogP contribution in [-0.4, -0.2) is 22.3 Å². The Hall–Kier alpha value is -3.39. The minimum absolute atomic E-state index is 0.220. The molecule has 2 heterocycles. The quantitative estimate of drug-likeness (QED) is 0.526. The molecule has 0 spiro atoms. The molecule has 0 aliphatic carbocycles. The van der Waals surface area contributed by atoms with E-state index in [1.165, 1.54) is 11.3 Å². The molecular weight excluding hydrogens is 362 g/mol. The van der Waals surface area contributed by atoms with E-state index in [9.17, 15) is 0 Å². The van der Waals surface area contributed by atoms with Crippen LogP contribution in [0.15, 0.2) is 52.9 Å². The summed E-state index contributed by atoms with van der Waals surface area (Å²) in [5.41, 5.74) is 9.41. The van der Waals surface area contributed by atoms with E-state index >= 15 is 0 Å². The van der Waals surface area contributed by atoms with Gasteiger partial charge in [0.1, 0.15) is 5.75 Å². The lowest BCUT2D eigenvalue weighted by Gasteiger charge is -2.03. The Balaban J connectivity index is 1.56. The molecule has 0 atom stereocenters. The Morgan fingerprint density at radius 2 is 1.78 bits per heavy atom. The van der Waals surface area contributed by atoms with Gasteiger partial charge in [-0.2, -0.15) is 0 Å². The van der Waals surface area contributed by atoms with Gasteiger partial charge >= 0.3 is 0 Å². The number of nitrogens with one attached hydrogen (secondary N) is 1. The predicted molar refractivity (Wildman–Crippen MR) is 106 cm³/mol. The minimum atomic E-state index is 0.220. The van der Waals surface area contributed by atoms with E-state index in [4.69, 9.17) is 14.9 Å². The van der Waals surface area contributed by atoms with Crippen molar-refractivity contribution in [2.75, 3.05) is 18.2 Å². The molecule has 0 unspecified atom stereocenters. The van der Waals surface area contributed by atoms with Gasteiger partial charge in [0, 0.05) is 11.3 Å². The summed E-state index contributed by atoms with van der Waals surface area (Å²) in [7, 11) is 1.63. The molecule has 2 aromatic heterocycles. The van der Waals surface area contributed by atoms with Crippen LogP contribution >= 0.6 is 11.3 Å². The topological polar surface area (TPSA) is 99.1 Å². The van der Waals surface area contributed by atoms with Crippen molar-refractivity contribution >= 4 is 28.0 Å². The second-order valence-electron chi connectivity index (χ2n) is 5.86. The highest BCUT2D eigenvalue weighted by molar-refractivity contribution is 7.18. The molecule has 8 heteroatoms. The molecule has 0 saturated carbocycles. The fraction of sp³-hybridized carbons (Fsp3) is 0.105. The Labute approximate surface area is 159 Å². The average molecular weight is 379 g/mol. The highest BCUT2D eigenvalue weighted by Crippen LogP contribution is 2.34. The summed E-state index contributed by atoms with van der Waals surface area (Å²) < 4.78 is 10.8. The molecule has 0 radical (unpaired) electrons. The molecule has 0 fully saturated rings. The van der Waals surface area contributed by atoms with Gasteiger partial charge in [-0.3, -0.25) is 0 Å². The number of aryl methyl sites for hydroxylation is 1. The molecule has 4 aromatic rings. The maximum absolute atomic E-state index is 6.01. The van der Waals surface area contributed by atoms with Crippen LogP contribution in [0.3, 0.4) is 0 Å². The van der Waals surface area contributed by atoms with E-state index in [1.54, 1.807) is 7.11 Å². The van der Waals surface area contributed by atoms with Crippen LogP contribution in [0.25, 0.3) is 22.2 Å². The van der Waals surface area contributed by atoms with Crippen molar-refractivity contribution in [3.05, 3.63) is 54.1 Å². The normalized spacial score (nSPS) is 10.7. The van der Waals surface area contributed by atoms with Crippen LogP contribution in [-0.2, 0) is 0 Å². The maximum atomic E-state index is 6.01. The number of aromatic nitrogens is 3. The third kappa shape index (κ3) is 3.61. The SMILES string of the molecule is COc1ccc(Nc2nnc(-c3nc(-c4ccc(C)cc4)oc3N)s2)cc1. The molecule has 0 aliphatic heterocycles. The van der Waals surface area contributed by atoms with Gasteiger partial charge < -0.3 is 20.2 Å². The Kier molecular flexibility index (Phi) is 4.47. The van der Waals surface area contributed by atoms with Crippen LogP contribution in [0.2, 0.25) is 0 Å². The standard InChI is InChI=1S/C19H17N5O2S/c1-11-3-5-12(6-4-11)17-22-15(16(20)26-17)18-23-24-19(27-18)21-13-7-9-14(25-2)10-8-13/h3-10H,20H2,1-2H3,(H,21,24). The number of methoxy groups -OCH3 is 1. The van der Waals surface area contributed by atoms with Crippen molar-refractivity contribution < 1.29 is 9.15 Å². The molecule has 2 aromatic carbocycles. The number of nitrogens with two attached hydrogens (primary N) is 1. The number of nitrogen functional groups attached to an aromatic ring is 1. The number of hydrogen-bond acceptors (Lipinski definition) is 8. The van der Waals surface area contributed by atoms with E-state index in [0.29, 0.717) is 21.7 Å². The summed E-state index contributed by atoms with van der Waals surface area (Å²) in [5.74, 6) is 1.47. The second-order valence-corrected chi connectivity index (χ2v) is 6.84. The van der Waals surface area contributed by atoms with Crippen molar-refractivity contribution in [3.63, 3.8) is 0 Å². The van der Waals surface area contributed by atoms with Gasteiger partial charge in [-0.05, 0) is 43.3 Å². The van der Waals surface area contributed by atoms with Crippen molar-refractivity contribution in [2.24, 2.45) is 0 Å². The first kappa shape index (κ1) is 17.0. The van der Waals surface area contributed by atoms with Gasteiger partial charge in [0.15, 0.2) is 10.7 Å². The zero-order valence-corrected chi connectivity index (χ0v) is 15.6. The molecule has 27 heavy (non-hydrogen) atoms. The summed E-state index contributed by atoms with van der Waals surface area (Å²) >= 11 is 1.35. The number of nitrogens with zero attached hydrogens (tertiary/aromatic N) is 3. The maximum Gasteiger partial charge on any atom is 0.229 e. The van der Waals surface area contributed by atoms with Gasteiger partial charge in [-0.1, -0.05) is 29.0 Å². The minimum Gasteiger partial charge on any atom is -0.497 e. The van der Waals surface area contributed by atoms with Gasteiger partial charge in [0.05, 0.1) is 7.11 Å². The third-order valence-electron chi connectivity index (χ3n) is 3.92. The van der Waals surface area contributed by atoms with E-state index in [1.807, 2.05) is 55.5 Å². The number of benzene rings is 2. The lowest BCUT2D eigenvalue weighted by Crippen LogP contribution is -1.89. The molecule has 7 nitrogen and oxygen atoms in total. The first-order chi connectivity index (χ1) is 13.1. The molecule has 0 saturated heterocycles. The monoisotopic (exact) mass is 379 g/mol. The molecule has 136 valence electrons. The first-order valence-corrected chi connectivity index (χ1v) is 9.02. The summed E-state index contributed by atoms with van der Waals surface area (Å²) in [5, 5.41) is 12.8. The largest absolute Gasteiger partial charge is 0.497 e. The van der Waals surface area contributed by atoms with E-state index < -0.39 is 0 Å². The van der Waals surface area contributed by atoms with Crippen molar-refractivity contribution in [3.8, 4) is 27.9 Å². The summed E-state index contributed by atoms with van der Waals surface area (Å²) in [6, 6.07) is 15.4. The highest BCUT2D eigenvalue weighted by Gasteiger charge is 2.18. The van der Waals surface area contributed by atoms with Crippen molar-refractivity contribution in [1.82, 2.24) is 15.2 Å². The number of oxazole rings is 1. The number of hydrogen-bond donors (Lipinski definition) is 2. The van der Waals surface area contributed by atoms with Crippen LogP contribution in [0.1, 0.15) is 5.56 Å². The molecule has 0 bridgehead atoms. The number of ether oxygens (including phenoxy) is 1. The Bertz CT molecular complexity index is 1050. The zero-order valence-electron chi connectivity index (χ0n) is 14.8. The molecule has 0 aliphatic rings. The summed E-state index contributed by atoms with van der Waals surface area (Å²) in [6.07, 6.45) is 0. The average Bonchev–Trinajstić information content (AvgIpc) is 3.29. The summed E-state index contributed by atoms with van der Waals surface area (Å²) in [4.78, 5) is 4.49. The number of rotatable bonds is 5. The third-order valence-corrected chi connectivity index (χ3v) is 4.77.